The Morgan fingerprint density at radius 3 is 2.42 bits per heavy atom. The summed E-state index contributed by atoms with van der Waals surface area (Å²) in [4.78, 5) is 12.7. The van der Waals surface area contributed by atoms with Crippen molar-refractivity contribution in [2.45, 2.75) is 18.7 Å². The van der Waals surface area contributed by atoms with E-state index in [-0.39, 0.29) is 4.90 Å². The maximum atomic E-state index is 13.4. The van der Waals surface area contributed by atoms with Gasteiger partial charge in [-0.25, -0.2) is 13.8 Å². The summed E-state index contributed by atoms with van der Waals surface area (Å²) >= 11 is 3.37. The Balaban J connectivity index is 1.83. The lowest BCUT2D eigenvalue weighted by Crippen LogP contribution is -2.39. The van der Waals surface area contributed by atoms with Gasteiger partial charge in [-0.15, -0.1) is 0 Å². The van der Waals surface area contributed by atoms with E-state index >= 15 is 0 Å². The summed E-state index contributed by atoms with van der Waals surface area (Å²) in [7, 11) is -4.02. The number of anilines is 1. The molecule has 0 saturated carbocycles. The lowest BCUT2D eigenvalue weighted by atomic mass is 10.2. The molecule has 3 rings (SSSR count). The second-order valence-corrected chi connectivity index (χ2v) is 9.88. The number of hydrazone groups is 1. The number of nitrogens with one attached hydrogen (secondary N) is 1. The van der Waals surface area contributed by atoms with Gasteiger partial charge in [-0.05, 0) is 67.9 Å². The van der Waals surface area contributed by atoms with E-state index in [0.29, 0.717) is 18.0 Å². The number of ether oxygens (including phenoxy) is 1. The van der Waals surface area contributed by atoms with Gasteiger partial charge >= 0.3 is 0 Å². The predicted molar refractivity (Wildman–Crippen MR) is 133 cm³/mol. The van der Waals surface area contributed by atoms with Crippen molar-refractivity contribution in [3.8, 4) is 5.75 Å². The summed E-state index contributed by atoms with van der Waals surface area (Å²) in [5, 5.41) is 3.95. The number of carbonyl (C=O) groups is 1. The minimum atomic E-state index is -4.02. The molecule has 0 aliphatic heterocycles. The van der Waals surface area contributed by atoms with E-state index in [1.807, 2.05) is 38.1 Å². The first-order valence-electron chi connectivity index (χ1n) is 10.2. The van der Waals surface area contributed by atoms with Gasteiger partial charge in [0.2, 0.25) is 0 Å². The fraction of sp³-hybridized carbons (Fsp3) is 0.167. The Morgan fingerprint density at radius 1 is 1.09 bits per heavy atom. The Morgan fingerprint density at radius 2 is 1.79 bits per heavy atom. The zero-order valence-corrected chi connectivity index (χ0v) is 20.6. The molecule has 33 heavy (non-hydrogen) atoms. The van der Waals surface area contributed by atoms with Crippen LogP contribution < -0.4 is 14.5 Å². The maximum absolute atomic E-state index is 13.4. The number of amides is 1. The monoisotopic (exact) mass is 529 g/mol. The second-order valence-electron chi connectivity index (χ2n) is 7.10. The molecule has 0 spiro atoms. The molecular weight excluding hydrogens is 506 g/mol. The molecular formula is C24H24BrN3O4S. The van der Waals surface area contributed by atoms with Gasteiger partial charge in [0.15, 0.2) is 0 Å². The van der Waals surface area contributed by atoms with Crippen LogP contribution in [0.15, 0.2) is 87.3 Å². The molecule has 3 aromatic carbocycles. The van der Waals surface area contributed by atoms with Crippen LogP contribution in [0.3, 0.4) is 0 Å². The highest BCUT2D eigenvalue weighted by Crippen LogP contribution is 2.25. The van der Waals surface area contributed by atoms with Crippen LogP contribution in [0.4, 0.5) is 5.69 Å². The molecule has 0 aliphatic rings. The smallest absolute Gasteiger partial charge is 0.264 e. The van der Waals surface area contributed by atoms with Crippen molar-refractivity contribution < 1.29 is 17.9 Å². The Bertz CT molecular complexity index is 1230. The number of benzene rings is 3. The van der Waals surface area contributed by atoms with Gasteiger partial charge in [0.1, 0.15) is 12.3 Å². The van der Waals surface area contributed by atoms with Crippen molar-refractivity contribution in [1.82, 2.24) is 5.43 Å². The molecule has 172 valence electrons. The predicted octanol–water partition coefficient (Wildman–Crippen LogP) is 4.50. The van der Waals surface area contributed by atoms with Crippen LogP contribution >= 0.6 is 15.9 Å². The first kappa shape index (κ1) is 24.5. The lowest BCUT2D eigenvalue weighted by Gasteiger charge is -2.24. The summed E-state index contributed by atoms with van der Waals surface area (Å²) in [6, 6.07) is 20.4. The molecule has 0 radical (unpaired) electrons. The molecule has 0 heterocycles. The van der Waals surface area contributed by atoms with Crippen LogP contribution in [0.2, 0.25) is 0 Å². The molecule has 0 aliphatic carbocycles. The molecule has 0 bridgehead atoms. The van der Waals surface area contributed by atoms with Gasteiger partial charge in [0.25, 0.3) is 15.9 Å². The number of carbonyl (C=O) groups excluding carboxylic acids is 1. The topological polar surface area (TPSA) is 88.1 Å². The van der Waals surface area contributed by atoms with Crippen molar-refractivity contribution in [3.63, 3.8) is 0 Å². The first-order chi connectivity index (χ1) is 15.8. The summed E-state index contributed by atoms with van der Waals surface area (Å²) in [5.41, 5.74) is 4.53. The number of nitrogens with zero attached hydrogens (tertiary/aromatic N) is 2. The fourth-order valence-electron chi connectivity index (χ4n) is 2.96. The molecule has 0 fully saturated rings. The second kappa shape index (κ2) is 11.1. The molecule has 7 nitrogen and oxygen atoms in total. The van der Waals surface area contributed by atoms with Crippen LogP contribution in [0.25, 0.3) is 0 Å². The average molecular weight is 530 g/mol. The van der Waals surface area contributed by atoms with Crippen LogP contribution in [0, 0.1) is 6.92 Å². The largest absolute Gasteiger partial charge is 0.494 e. The van der Waals surface area contributed by atoms with Crippen molar-refractivity contribution in [1.29, 1.82) is 0 Å². The zero-order chi connectivity index (χ0) is 23.8. The Hall–Kier alpha value is -3.17. The number of sulfonamides is 1. The highest BCUT2D eigenvalue weighted by Gasteiger charge is 2.27. The summed E-state index contributed by atoms with van der Waals surface area (Å²) in [6.45, 7) is 3.79. The first-order valence-corrected chi connectivity index (χ1v) is 12.4. The van der Waals surface area contributed by atoms with E-state index in [0.717, 1.165) is 19.9 Å². The SMILES string of the molecule is CCOc1ccc(S(=O)(=O)N(CC(=O)N/N=C\c2cccc(Br)c2)c2ccc(C)cc2)cc1. The van der Waals surface area contributed by atoms with E-state index in [1.165, 1.54) is 18.3 Å². The molecule has 3 aromatic rings. The number of halogens is 1. The third-order valence-corrected chi connectivity index (χ3v) is 6.86. The molecule has 1 N–H and O–H groups in total. The molecule has 0 aromatic heterocycles. The summed E-state index contributed by atoms with van der Waals surface area (Å²) < 4.78 is 34.2. The van der Waals surface area contributed by atoms with Crippen LogP contribution in [-0.4, -0.2) is 33.7 Å². The van der Waals surface area contributed by atoms with Gasteiger partial charge in [-0.3, -0.25) is 9.10 Å². The number of rotatable bonds is 9. The van der Waals surface area contributed by atoms with Gasteiger partial charge in [-0.2, -0.15) is 5.10 Å². The standard InChI is InChI=1S/C24H24BrN3O4S/c1-3-32-22-11-13-23(14-12-22)33(30,31)28(21-9-7-18(2)8-10-21)17-24(29)27-26-16-19-5-4-6-20(25)15-19/h4-16H,3,17H2,1-2H3,(H,27,29)/b26-16-. The third kappa shape index (κ3) is 6.66. The number of hydrogen-bond donors (Lipinski definition) is 1. The highest BCUT2D eigenvalue weighted by molar-refractivity contribution is 9.10. The average Bonchev–Trinajstić information content (AvgIpc) is 2.79. The van der Waals surface area contributed by atoms with Crippen LogP contribution in [-0.2, 0) is 14.8 Å². The van der Waals surface area contributed by atoms with Gasteiger partial charge in [0.05, 0.1) is 23.4 Å². The molecule has 9 heteroatoms. The van der Waals surface area contributed by atoms with Gasteiger partial charge in [-0.1, -0.05) is 45.8 Å². The minimum absolute atomic E-state index is 0.0527. The van der Waals surface area contributed by atoms with Crippen molar-refractivity contribution in [3.05, 3.63) is 88.4 Å². The Kier molecular flexibility index (Phi) is 8.24. The molecule has 0 atom stereocenters. The number of hydrogen-bond acceptors (Lipinski definition) is 5. The maximum Gasteiger partial charge on any atom is 0.264 e. The van der Waals surface area contributed by atoms with Crippen LogP contribution in [0.5, 0.6) is 5.75 Å². The van der Waals surface area contributed by atoms with E-state index in [2.05, 4.69) is 26.5 Å². The normalized spacial score (nSPS) is 11.4. The quantitative estimate of drug-likeness (QED) is 0.326. The summed E-state index contributed by atoms with van der Waals surface area (Å²) in [6.07, 6.45) is 1.49. The molecule has 1 amide bonds. The van der Waals surface area contributed by atoms with E-state index in [4.69, 9.17) is 4.74 Å². The summed E-state index contributed by atoms with van der Waals surface area (Å²) in [5.74, 6) is -0.00528. The zero-order valence-electron chi connectivity index (χ0n) is 18.2. The third-order valence-electron chi connectivity index (χ3n) is 4.58. The van der Waals surface area contributed by atoms with Crippen molar-refractivity contribution in [2.24, 2.45) is 5.10 Å². The molecule has 0 unspecified atom stereocenters. The van der Waals surface area contributed by atoms with Gasteiger partial charge in [0, 0.05) is 4.47 Å². The lowest BCUT2D eigenvalue weighted by molar-refractivity contribution is -0.119. The van der Waals surface area contributed by atoms with Crippen molar-refractivity contribution in [2.75, 3.05) is 17.5 Å². The minimum Gasteiger partial charge on any atom is -0.494 e. The Labute approximate surface area is 202 Å². The number of aryl methyl sites for hydroxylation is 1. The van der Waals surface area contributed by atoms with E-state index in [1.54, 1.807) is 36.4 Å². The molecule has 0 saturated heterocycles. The van der Waals surface area contributed by atoms with Crippen molar-refractivity contribution >= 4 is 43.8 Å². The van der Waals surface area contributed by atoms with E-state index < -0.39 is 22.5 Å². The fourth-order valence-corrected chi connectivity index (χ4v) is 4.80. The van der Waals surface area contributed by atoms with Crippen LogP contribution in [0.1, 0.15) is 18.1 Å². The van der Waals surface area contributed by atoms with E-state index in [9.17, 15) is 13.2 Å². The highest BCUT2D eigenvalue weighted by atomic mass is 79.9. The van der Waals surface area contributed by atoms with Gasteiger partial charge < -0.3 is 4.74 Å².